The van der Waals surface area contributed by atoms with Crippen LogP contribution in [0.4, 0.5) is 0 Å². The lowest BCUT2D eigenvalue weighted by Gasteiger charge is -2.10. The van der Waals surface area contributed by atoms with Gasteiger partial charge in [0, 0.05) is 5.33 Å². The summed E-state index contributed by atoms with van der Waals surface area (Å²) < 4.78 is 0. The van der Waals surface area contributed by atoms with Crippen molar-refractivity contribution in [1.29, 1.82) is 0 Å². The molecule has 0 nitrogen and oxygen atoms in total. The molecule has 0 heterocycles. The highest BCUT2D eigenvalue weighted by atomic mass is 79.9. The van der Waals surface area contributed by atoms with E-state index in [0.29, 0.717) is 0 Å². The van der Waals surface area contributed by atoms with E-state index < -0.39 is 0 Å². The molecule has 0 aliphatic carbocycles. The van der Waals surface area contributed by atoms with Crippen molar-refractivity contribution >= 4 is 27.7 Å². The van der Waals surface area contributed by atoms with Crippen LogP contribution >= 0.6 is 27.7 Å². The van der Waals surface area contributed by atoms with Gasteiger partial charge in [-0.2, -0.15) is 11.8 Å². The van der Waals surface area contributed by atoms with Gasteiger partial charge in [-0.1, -0.05) is 36.2 Å². The van der Waals surface area contributed by atoms with Gasteiger partial charge in [0.05, 0.1) is 0 Å². The molecule has 0 spiro atoms. The Morgan fingerprint density at radius 1 is 1.40 bits per heavy atom. The lowest BCUT2D eigenvalue weighted by atomic mass is 10.1. The smallest absolute Gasteiger partial charge is 0.00675 e. The minimum absolute atomic E-state index is 0.898. The fraction of sp³-hybridized carbons (Fsp3) is 1.00. The van der Waals surface area contributed by atoms with E-state index in [1.807, 2.05) is 0 Å². The molecule has 0 radical (unpaired) electrons. The molecule has 0 aromatic carbocycles. The van der Waals surface area contributed by atoms with Gasteiger partial charge in [-0.3, -0.25) is 0 Å². The van der Waals surface area contributed by atoms with Crippen molar-refractivity contribution in [2.45, 2.75) is 26.7 Å². The maximum atomic E-state index is 3.53. The van der Waals surface area contributed by atoms with Crippen LogP contribution in [-0.4, -0.2) is 16.8 Å². The highest BCUT2D eigenvalue weighted by Gasteiger charge is 2.03. The topological polar surface area (TPSA) is 0 Å². The monoisotopic (exact) mass is 224 g/mol. The van der Waals surface area contributed by atoms with Gasteiger partial charge in [0.2, 0.25) is 0 Å². The summed E-state index contributed by atoms with van der Waals surface area (Å²) in [6.07, 6.45) is 2.69. The third kappa shape index (κ3) is 5.60. The van der Waals surface area contributed by atoms with Crippen molar-refractivity contribution in [3.05, 3.63) is 0 Å². The normalized spacial score (nSPS) is 13.5. The highest BCUT2D eigenvalue weighted by molar-refractivity contribution is 9.09. The predicted molar refractivity (Wildman–Crippen MR) is 55.2 cm³/mol. The average Bonchev–Trinajstić information content (AvgIpc) is 1.98. The molecule has 0 aromatic rings. The first kappa shape index (κ1) is 10.8. The number of halogens is 1. The number of thioether (sulfide) groups is 1. The minimum Gasteiger partial charge on any atom is -0.162 e. The number of hydrogen-bond donors (Lipinski definition) is 0. The summed E-state index contributed by atoms with van der Waals surface area (Å²) in [5.74, 6) is 3.48. The van der Waals surface area contributed by atoms with Gasteiger partial charge in [-0.05, 0) is 23.8 Å². The van der Waals surface area contributed by atoms with E-state index in [2.05, 4.69) is 41.5 Å². The average molecular weight is 225 g/mol. The Morgan fingerprint density at radius 2 is 2.10 bits per heavy atom. The summed E-state index contributed by atoms with van der Waals surface area (Å²) in [6, 6.07) is 0. The van der Waals surface area contributed by atoms with Crippen LogP contribution < -0.4 is 0 Å². The fourth-order valence-corrected chi connectivity index (χ4v) is 2.61. The van der Waals surface area contributed by atoms with Gasteiger partial charge in [-0.25, -0.2) is 0 Å². The molecule has 2 heteroatoms. The van der Waals surface area contributed by atoms with Crippen LogP contribution in [0.3, 0.4) is 0 Å². The highest BCUT2D eigenvalue weighted by Crippen LogP contribution is 2.15. The van der Waals surface area contributed by atoms with Gasteiger partial charge < -0.3 is 0 Å². The summed E-state index contributed by atoms with van der Waals surface area (Å²) in [6.45, 7) is 4.48. The molecule has 1 atom stereocenters. The van der Waals surface area contributed by atoms with Crippen LogP contribution in [0.1, 0.15) is 26.7 Å². The molecular weight excluding hydrogens is 208 g/mol. The van der Waals surface area contributed by atoms with Crippen molar-refractivity contribution in [2.24, 2.45) is 5.92 Å². The van der Waals surface area contributed by atoms with Gasteiger partial charge in [-0.15, -0.1) is 0 Å². The second-order valence-corrected chi connectivity index (χ2v) is 4.43. The zero-order chi connectivity index (χ0) is 7.82. The molecule has 0 aliphatic heterocycles. The maximum absolute atomic E-state index is 3.53. The molecule has 62 valence electrons. The first-order valence-corrected chi connectivity index (χ1v) is 6.26. The summed E-state index contributed by atoms with van der Waals surface area (Å²) >= 11 is 5.58. The lowest BCUT2D eigenvalue weighted by Crippen LogP contribution is -2.04. The molecular formula is C8H17BrS. The predicted octanol–water partition coefficient (Wildman–Crippen LogP) is 3.55. The van der Waals surface area contributed by atoms with E-state index in [-0.39, 0.29) is 0 Å². The van der Waals surface area contributed by atoms with E-state index >= 15 is 0 Å². The van der Waals surface area contributed by atoms with E-state index in [0.717, 1.165) is 5.92 Å². The Hall–Kier alpha value is 0.830. The van der Waals surface area contributed by atoms with Crippen LogP contribution in [0.25, 0.3) is 0 Å². The number of hydrogen-bond acceptors (Lipinski definition) is 1. The second kappa shape index (κ2) is 7.93. The molecule has 0 aliphatic rings. The molecule has 0 amide bonds. The van der Waals surface area contributed by atoms with E-state index in [9.17, 15) is 0 Å². The molecule has 0 fully saturated rings. The Bertz CT molecular complexity index is 66.3. The van der Waals surface area contributed by atoms with Gasteiger partial charge >= 0.3 is 0 Å². The van der Waals surface area contributed by atoms with E-state index in [4.69, 9.17) is 0 Å². The van der Waals surface area contributed by atoms with Gasteiger partial charge in [0.15, 0.2) is 0 Å². The fourth-order valence-electron chi connectivity index (χ4n) is 0.898. The van der Waals surface area contributed by atoms with Crippen molar-refractivity contribution in [1.82, 2.24) is 0 Å². The molecule has 0 aromatic heterocycles. The Labute approximate surface area is 77.3 Å². The standard InChI is InChI=1S/C8H17BrS/c1-3-5-8(6-9)7-10-4-2/h8H,3-7H2,1-2H3. The molecule has 0 saturated carbocycles. The molecule has 1 unspecified atom stereocenters. The van der Waals surface area contributed by atoms with Crippen LogP contribution in [-0.2, 0) is 0 Å². The van der Waals surface area contributed by atoms with Gasteiger partial charge in [0.25, 0.3) is 0 Å². The molecule has 0 saturated heterocycles. The first-order valence-electron chi connectivity index (χ1n) is 3.98. The van der Waals surface area contributed by atoms with Crippen molar-refractivity contribution in [2.75, 3.05) is 16.8 Å². The molecule has 0 N–H and O–H groups in total. The Balaban J connectivity index is 3.21. The summed E-state index contributed by atoms with van der Waals surface area (Å²) in [5.41, 5.74) is 0. The van der Waals surface area contributed by atoms with Crippen molar-refractivity contribution < 1.29 is 0 Å². The minimum atomic E-state index is 0.898. The number of alkyl halides is 1. The lowest BCUT2D eigenvalue weighted by molar-refractivity contribution is 0.598. The molecule has 10 heavy (non-hydrogen) atoms. The summed E-state index contributed by atoms with van der Waals surface area (Å²) in [7, 11) is 0. The van der Waals surface area contributed by atoms with Crippen molar-refractivity contribution in [3.8, 4) is 0 Å². The van der Waals surface area contributed by atoms with Gasteiger partial charge in [0.1, 0.15) is 0 Å². The Kier molecular flexibility index (Phi) is 8.59. The Morgan fingerprint density at radius 3 is 2.50 bits per heavy atom. The summed E-state index contributed by atoms with van der Waals surface area (Å²) in [5, 5.41) is 1.17. The van der Waals surface area contributed by atoms with E-state index in [1.54, 1.807) is 0 Å². The summed E-state index contributed by atoms with van der Waals surface area (Å²) in [4.78, 5) is 0. The maximum Gasteiger partial charge on any atom is 0.00675 e. The van der Waals surface area contributed by atoms with Crippen LogP contribution in [0.5, 0.6) is 0 Å². The zero-order valence-electron chi connectivity index (χ0n) is 6.90. The van der Waals surface area contributed by atoms with Crippen LogP contribution in [0.2, 0.25) is 0 Å². The first-order chi connectivity index (χ1) is 4.85. The molecule has 0 bridgehead atoms. The van der Waals surface area contributed by atoms with Crippen LogP contribution in [0.15, 0.2) is 0 Å². The number of rotatable bonds is 6. The van der Waals surface area contributed by atoms with Crippen molar-refractivity contribution in [3.63, 3.8) is 0 Å². The van der Waals surface area contributed by atoms with Crippen LogP contribution in [0, 0.1) is 5.92 Å². The molecule has 0 rings (SSSR count). The second-order valence-electron chi connectivity index (χ2n) is 2.47. The van der Waals surface area contributed by atoms with E-state index in [1.165, 1.54) is 29.7 Å². The SMILES string of the molecule is CCCC(CBr)CSCC. The third-order valence-electron chi connectivity index (χ3n) is 1.47. The third-order valence-corrected chi connectivity index (χ3v) is 3.50. The largest absolute Gasteiger partial charge is 0.162 e. The quantitative estimate of drug-likeness (QED) is 0.623. The zero-order valence-corrected chi connectivity index (χ0v) is 9.30.